The number of carbonyl (C=O) groups is 3. The van der Waals surface area contributed by atoms with Crippen LogP contribution in [-0.2, 0) is 25.7 Å². The average molecular weight is 724 g/mol. The lowest BCUT2D eigenvalue weighted by Gasteiger charge is -2.68. The highest BCUT2D eigenvalue weighted by Gasteiger charge is 2.67. The van der Waals surface area contributed by atoms with Gasteiger partial charge in [-0.15, -0.1) is 0 Å². The molecule has 4 fully saturated rings. The number of ether oxygens (including phenoxy) is 1. The van der Waals surface area contributed by atoms with Gasteiger partial charge >= 0.3 is 11.9 Å². The Morgan fingerprint density at radius 2 is 1.65 bits per heavy atom. The predicted molar refractivity (Wildman–Crippen MR) is 200 cm³/mol. The number of fused-ring (bicyclic) bond motifs is 7. The Kier molecular flexibility index (Phi) is 10.2. The van der Waals surface area contributed by atoms with E-state index in [0.717, 1.165) is 62.5 Å². The highest BCUT2D eigenvalue weighted by Crippen LogP contribution is 2.73. The number of nitrogens with one attached hydrogen (secondary N) is 1. The summed E-state index contributed by atoms with van der Waals surface area (Å²) in [5, 5.41) is 25.9. The van der Waals surface area contributed by atoms with Gasteiger partial charge in [-0.1, -0.05) is 76.9 Å². The van der Waals surface area contributed by atoms with Gasteiger partial charge in [0, 0.05) is 35.4 Å². The molecule has 3 N–H and O–H groups in total. The third-order valence-electron chi connectivity index (χ3n) is 15.3. The van der Waals surface area contributed by atoms with Crippen LogP contribution in [-0.4, -0.2) is 46.7 Å². The molecule has 282 valence electrons. The van der Waals surface area contributed by atoms with Crippen molar-refractivity contribution in [2.45, 2.75) is 138 Å². The summed E-state index contributed by atoms with van der Waals surface area (Å²) in [6.45, 7) is 18.0. The van der Waals surface area contributed by atoms with E-state index in [9.17, 15) is 24.6 Å². The van der Waals surface area contributed by atoms with Gasteiger partial charge in [0.15, 0.2) is 5.78 Å². The molecule has 1 aromatic carbocycles. The van der Waals surface area contributed by atoms with Crippen molar-refractivity contribution in [3.05, 3.63) is 46.0 Å². The number of carbonyl (C=O) groups excluding carboxylic acids is 2. The Morgan fingerprint density at radius 1 is 0.980 bits per heavy atom. The van der Waals surface area contributed by atoms with Crippen LogP contribution >= 0.6 is 11.6 Å². The number of rotatable bonds is 10. The molecule has 0 aliphatic heterocycles. The van der Waals surface area contributed by atoms with Crippen LogP contribution in [0, 0.1) is 56.7 Å². The number of aliphatic hydroxyl groups is 1. The first-order valence-electron chi connectivity index (χ1n) is 19.6. The van der Waals surface area contributed by atoms with Gasteiger partial charge in [-0.25, -0.2) is 0 Å². The van der Waals surface area contributed by atoms with E-state index in [4.69, 9.17) is 16.3 Å². The van der Waals surface area contributed by atoms with E-state index in [1.807, 2.05) is 24.3 Å². The molecule has 9 atom stereocenters. The molecule has 0 aromatic heterocycles. The molecule has 0 amide bonds. The van der Waals surface area contributed by atoms with Crippen molar-refractivity contribution < 1.29 is 29.3 Å². The van der Waals surface area contributed by atoms with Crippen LogP contribution in [0.25, 0.3) is 0 Å². The first kappa shape index (κ1) is 38.5. The summed E-state index contributed by atoms with van der Waals surface area (Å²) in [4.78, 5) is 38.7. The number of allylic oxidation sites excluding steroid dienone is 1. The maximum atomic E-state index is 13.9. The van der Waals surface area contributed by atoms with Gasteiger partial charge in [0.1, 0.15) is 6.10 Å². The Labute approximate surface area is 310 Å². The number of Topliss-reactive ketones (excluding diaryl/α,β-unsaturated/α-hetero) is 1. The minimum atomic E-state index is -1.16. The van der Waals surface area contributed by atoms with Crippen LogP contribution in [0.4, 0.5) is 0 Å². The number of benzene rings is 1. The lowest BCUT2D eigenvalue weighted by atomic mass is 9.37. The second-order valence-corrected chi connectivity index (χ2v) is 19.6. The molecule has 0 radical (unpaired) electrons. The maximum absolute atomic E-state index is 13.9. The van der Waals surface area contributed by atoms with Crippen LogP contribution in [0.3, 0.4) is 0 Å². The number of esters is 1. The van der Waals surface area contributed by atoms with Crippen molar-refractivity contribution in [1.29, 1.82) is 0 Å². The first-order valence-corrected chi connectivity index (χ1v) is 20.0. The number of ketones is 1. The molecule has 6 rings (SSSR count). The van der Waals surface area contributed by atoms with Gasteiger partial charge in [-0.05, 0) is 123 Å². The number of hydrogen-bond donors (Lipinski definition) is 3. The number of halogens is 1. The van der Waals surface area contributed by atoms with E-state index in [2.05, 4.69) is 46.9 Å². The van der Waals surface area contributed by atoms with E-state index < -0.39 is 28.9 Å². The molecule has 0 saturated heterocycles. The van der Waals surface area contributed by atoms with Gasteiger partial charge in [0.2, 0.25) is 0 Å². The third kappa shape index (κ3) is 6.33. The number of aliphatic carboxylic acids is 1. The SMILES string of the molecule is CC(C)C1=C2[C@H]3CC[C@H]4[C@@H](CC[C@H]5C(C)(C)[C@@H](OC(=O)CC(C)(C)C(=O)O)CC[C@]45C)[C@]3(C)CC[C@@]2([C@@H](O)CNCc2ccccc2Cl)CC1=O. The molecule has 8 heteroatoms. The second kappa shape index (κ2) is 13.6. The van der Waals surface area contributed by atoms with Gasteiger partial charge in [-0.3, -0.25) is 14.4 Å². The Bertz CT molecular complexity index is 1580. The second-order valence-electron chi connectivity index (χ2n) is 19.2. The zero-order valence-corrected chi connectivity index (χ0v) is 33.0. The highest BCUT2D eigenvalue weighted by atomic mass is 35.5. The van der Waals surface area contributed by atoms with Crippen molar-refractivity contribution in [3.8, 4) is 0 Å². The molecule has 7 nitrogen and oxygen atoms in total. The summed E-state index contributed by atoms with van der Waals surface area (Å²) in [7, 11) is 0. The number of aliphatic hydroxyl groups excluding tert-OH is 1. The lowest BCUT2D eigenvalue weighted by Crippen LogP contribution is -2.62. The Morgan fingerprint density at radius 3 is 2.31 bits per heavy atom. The molecule has 4 saturated carbocycles. The average Bonchev–Trinajstić information content (AvgIpc) is 3.36. The molecule has 0 unspecified atom stereocenters. The zero-order valence-electron chi connectivity index (χ0n) is 32.2. The molecule has 5 aliphatic carbocycles. The van der Waals surface area contributed by atoms with Crippen molar-refractivity contribution >= 4 is 29.3 Å². The summed E-state index contributed by atoms with van der Waals surface area (Å²) in [5.74, 6) is 0.658. The van der Waals surface area contributed by atoms with E-state index in [-0.39, 0.29) is 46.4 Å². The van der Waals surface area contributed by atoms with E-state index in [0.29, 0.717) is 42.3 Å². The standard InChI is InChI=1S/C43H62ClNO6/c1-25(2)36-31(46)21-43(33(47)24-45-23-26-11-9-10-12-30(26)44)20-19-41(7)27-15-16-32-40(5,6)34(51-35(48)22-39(3,4)38(49)50)17-18-42(32,8)28(27)13-14-29(41)37(36)43/h9-12,25,27-29,32-34,45,47H,13-24H2,1-8H3,(H,49,50)/t27-,28+,29-,32+,33+,34+,41+,42-,43+/m1/s1. The van der Waals surface area contributed by atoms with E-state index >= 15 is 0 Å². The molecule has 1 aromatic rings. The summed E-state index contributed by atoms with van der Waals surface area (Å²) < 4.78 is 6.14. The molecule has 0 spiro atoms. The Balaban J connectivity index is 1.23. The quantitative estimate of drug-likeness (QED) is 0.207. The largest absolute Gasteiger partial charge is 0.481 e. The summed E-state index contributed by atoms with van der Waals surface area (Å²) >= 11 is 6.43. The predicted octanol–water partition coefficient (Wildman–Crippen LogP) is 8.79. The first-order chi connectivity index (χ1) is 23.8. The van der Waals surface area contributed by atoms with E-state index in [1.54, 1.807) is 13.8 Å². The van der Waals surface area contributed by atoms with Crippen molar-refractivity contribution in [2.24, 2.45) is 56.7 Å². The molecule has 0 bridgehead atoms. The van der Waals surface area contributed by atoms with Crippen LogP contribution in [0.15, 0.2) is 35.4 Å². The molecule has 0 heterocycles. The lowest BCUT2D eigenvalue weighted by molar-refractivity contribution is -0.205. The molecule has 51 heavy (non-hydrogen) atoms. The summed E-state index contributed by atoms with van der Waals surface area (Å²) in [6.07, 6.45) is 7.30. The van der Waals surface area contributed by atoms with Gasteiger partial charge in [-0.2, -0.15) is 0 Å². The number of carboxylic acids is 1. The molecular weight excluding hydrogens is 662 g/mol. The van der Waals surface area contributed by atoms with Crippen molar-refractivity contribution in [1.82, 2.24) is 5.32 Å². The van der Waals surface area contributed by atoms with E-state index in [1.165, 1.54) is 5.57 Å². The van der Waals surface area contributed by atoms with Crippen molar-refractivity contribution in [2.75, 3.05) is 6.54 Å². The normalized spacial score (nSPS) is 36.5. The van der Waals surface area contributed by atoms with Gasteiger partial charge in [0.05, 0.1) is 17.9 Å². The fraction of sp³-hybridized carbons (Fsp3) is 0.744. The minimum absolute atomic E-state index is 0.0427. The van der Waals surface area contributed by atoms with Crippen LogP contribution < -0.4 is 5.32 Å². The maximum Gasteiger partial charge on any atom is 0.309 e. The fourth-order valence-corrected chi connectivity index (χ4v) is 12.8. The molecular formula is C43H62ClNO6. The smallest absolute Gasteiger partial charge is 0.309 e. The topological polar surface area (TPSA) is 113 Å². The van der Waals surface area contributed by atoms with Crippen molar-refractivity contribution in [3.63, 3.8) is 0 Å². The van der Waals surface area contributed by atoms with Crippen LogP contribution in [0.2, 0.25) is 5.02 Å². The van der Waals surface area contributed by atoms with Crippen LogP contribution in [0.1, 0.15) is 125 Å². The number of hydrogen-bond acceptors (Lipinski definition) is 6. The summed E-state index contributed by atoms with van der Waals surface area (Å²) in [5.41, 5.74) is 1.50. The monoisotopic (exact) mass is 723 g/mol. The fourth-order valence-electron chi connectivity index (χ4n) is 12.6. The zero-order chi connectivity index (χ0) is 37.3. The molecule has 5 aliphatic rings. The van der Waals surface area contributed by atoms with Gasteiger partial charge in [0.25, 0.3) is 0 Å². The minimum Gasteiger partial charge on any atom is -0.481 e. The number of carboxylic acid groups (broad SMARTS) is 1. The third-order valence-corrected chi connectivity index (χ3v) is 15.7. The van der Waals surface area contributed by atoms with Crippen LogP contribution in [0.5, 0.6) is 0 Å². The Hall–Kier alpha value is -2.22. The van der Waals surface area contributed by atoms with Gasteiger partial charge < -0.3 is 20.3 Å². The highest BCUT2D eigenvalue weighted by molar-refractivity contribution is 6.31. The summed E-state index contributed by atoms with van der Waals surface area (Å²) in [6, 6.07) is 7.79.